The van der Waals surface area contributed by atoms with Gasteiger partial charge in [0.25, 0.3) is 0 Å². The van der Waals surface area contributed by atoms with Crippen LogP contribution in [0.2, 0.25) is 0 Å². The number of para-hydroxylation sites is 1. The van der Waals surface area contributed by atoms with Crippen LogP contribution in [0.3, 0.4) is 0 Å². The zero-order valence-corrected chi connectivity index (χ0v) is 14.2. The minimum absolute atomic E-state index is 0.611. The fourth-order valence-electron chi connectivity index (χ4n) is 2.61. The van der Waals surface area contributed by atoms with Gasteiger partial charge in [-0.15, -0.1) is 0 Å². The summed E-state index contributed by atoms with van der Waals surface area (Å²) < 4.78 is 0. The molecule has 3 N–H and O–H groups in total. The van der Waals surface area contributed by atoms with Crippen molar-refractivity contribution < 1.29 is 0 Å². The molecule has 0 bridgehead atoms. The van der Waals surface area contributed by atoms with E-state index in [-0.39, 0.29) is 0 Å². The van der Waals surface area contributed by atoms with E-state index in [1.807, 2.05) is 7.05 Å². The molecular weight excluding hydrogens is 272 g/mol. The smallest absolute Gasteiger partial charge is 0.190 e. The monoisotopic (exact) mass is 300 g/mol. The maximum Gasteiger partial charge on any atom is 0.190 e. The molecule has 120 valence electrons. The van der Waals surface area contributed by atoms with Gasteiger partial charge in [-0.2, -0.15) is 0 Å². The number of aryl methyl sites for hydroxylation is 1. The Kier molecular flexibility index (Phi) is 5.87. The van der Waals surface area contributed by atoms with Crippen molar-refractivity contribution in [2.24, 2.45) is 10.9 Å². The molecule has 1 aromatic heterocycles. The van der Waals surface area contributed by atoms with Crippen LogP contribution in [0.5, 0.6) is 0 Å². The van der Waals surface area contributed by atoms with Crippen LogP contribution in [0.15, 0.2) is 29.4 Å². The highest BCUT2D eigenvalue weighted by Crippen LogP contribution is 2.22. The van der Waals surface area contributed by atoms with Gasteiger partial charge in [0.05, 0.1) is 0 Å². The Labute approximate surface area is 133 Å². The first-order valence-electron chi connectivity index (χ1n) is 8.18. The second-order valence-electron chi connectivity index (χ2n) is 6.03. The van der Waals surface area contributed by atoms with E-state index in [1.54, 1.807) is 0 Å². The number of hydrogen-bond donors (Lipinski definition) is 3. The van der Waals surface area contributed by atoms with Gasteiger partial charge in [-0.25, -0.2) is 0 Å². The van der Waals surface area contributed by atoms with Gasteiger partial charge >= 0.3 is 0 Å². The highest BCUT2D eigenvalue weighted by atomic mass is 15.2. The van der Waals surface area contributed by atoms with Crippen LogP contribution in [0.1, 0.15) is 31.9 Å². The van der Waals surface area contributed by atoms with Crippen LogP contribution < -0.4 is 10.6 Å². The van der Waals surface area contributed by atoms with Gasteiger partial charge < -0.3 is 15.6 Å². The van der Waals surface area contributed by atoms with Crippen LogP contribution in [0.4, 0.5) is 0 Å². The summed E-state index contributed by atoms with van der Waals surface area (Å²) in [5, 5.41) is 8.06. The molecule has 2 rings (SSSR count). The van der Waals surface area contributed by atoms with E-state index in [1.165, 1.54) is 22.0 Å². The molecule has 0 fully saturated rings. The average molecular weight is 300 g/mol. The Morgan fingerprint density at radius 2 is 2.05 bits per heavy atom. The fourth-order valence-corrected chi connectivity index (χ4v) is 2.61. The molecule has 22 heavy (non-hydrogen) atoms. The van der Waals surface area contributed by atoms with Crippen LogP contribution >= 0.6 is 0 Å². The van der Waals surface area contributed by atoms with Gasteiger partial charge in [0.1, 0.15) is 0 Å². The number of rotatable bonds is 6. The van der Waals surface area contributed by atoms with E-state index < -0.39 is 0 Å². The zero-order valence-electron chi connectivity index (χ0n) is 14.2. The molecule has 2 aromatic rings. The van der Waals surface area contributed by atoms with Crippen molar-refractivity contribution in [1.29, 1.82) is 0 Å². The fraction of sp³-hybridized carbons (Fsp3) is 0.500. The molecular formula is C18H28N4. The van der Waals surface area contributed by atoms with Gasteiger partial charge in [0.15, 0.2) is 5.96 Å². The summed E-state index contributed by atoms with van der Waals surface area (Å²) >= 11 is 0. The van der Waals surface area contributed by atoms with Crippen molar-refractivity contribution in [3.8, 4) is 0 Å². The number of hydrogen-bond acceptors (Lipinski definition) is 1. The van der Waals surface area contributed by atoms with Crippen molar-refractivity contribution in [3.05, 3.63) is 35.5 Å². The topological polar surface area (TPSA) is 52.2 Å². The summed E-state index contributed by atoms with van der Waals surface area (Å²) in [5.74, 6) is 1.49. The lowest BCUT2D eigenvalue weighted by molar-refractivity contribution is 0.614. The largest absolute Gasteiger partial charge is 0.361 e. The van der Waals surface area contributed by atoms with Gasteiger partial charge in [-0.05, 0) is 29.9 Å². The second-order valence-corrected chi connectivity index (χ2v) is 6.03. The summed E-state index contributed by atoms with van der Waals surface area (Å²) in [6.45, 7) is 8.39. The van der Waals surface area contributed by atoms with E-state index in [9.17, 15) is 0 Å². The first kappa shape index (κ1) is 16.4. The number of aromatic nitrogens is 1. The first-order valence-corrected chi connectivity index (χ1v) is 8.18. The second kappa shape index (κ2) is 7.87. The predicted molar refractivity (Wildman–Crippen MR) is 95.6 cm³/mol. The van der Waals surface area contributed by atoms with Crippen molar-refractivity contribution in [1.82, 2.24) is 15.6 Å². The first-order chi connectivity index (χ1) is 10.7. The van der Waals surface area contributed by atoms with E-state index in [2.05, 4.69) is 65.8 Å². The average Bonchev–Trinajstić information content (AvgIpc) is 2.93. The molecule has 0 atom stereocenters. The number of nitrogens with one attached hydrogen (secondary N) is 3. The van der Waals surface area contributed by atoms with Gasteiger partial charge in [0.2, 0.25) is 0 Å². The van der Waals surface area contributed by atoms with Crippen LogP contribution in [-0.4, -0.2) is 31.1 Å². The Morgan fingerprint density at radius 1 is 1.23 bits per heavy atom. The number of nitrogens with zero attached hydrogens (tertiary/aromatic N) is 1. The lowest BCUT2D eigenvalue weighted by Gasteiger charge is -2.13. The summed E-state index contributed by atoms with van der Waals surface area (Å²) in [5.41, 5.74) is 4.02. The third-order valence-corrected chi connectivity index (χ3v) is 3.86. The van der Waals surface area contributed by atoms with Crippen LogP contribution in [0, 0.1) is 5.92 Å². The minimum Gasteiger partial charge on any atom is -0.361 e. The third kappa shape index (κ3) is 4.03. The molecule has 4 heteroatoms. The summed E-state index contributed by atoms with van der Waals surface area (Å²) in [4.78, 5) is 7.68. The molecule has 0 amide bonds. The summed E-state index contributed by atoms with van der Waals surface area (Å²) in [6.07, 6.45) is 4.17. The predicted octanol–water partition coefficient (Wildman–Crippen LogP) is 3.09. The summed E-state index contributed by atoms with van der Waals surface area (Å²) in [7, 11) is 1.81. The van der Waals surface area contributed by atoms with E-state index in [0.29, 0.717) is 5.92 Å². The lowest BCUT2D eigenvalue weighted by atomic mass is 10.1. The normalized spacial score (nSPS) is 12.1. The van der Waals surface area contributed by atoms with Crippen molar-refractivity contribution in [3.63, 3.8) is 0 Å². The number of guanidine groups is 1. The molecule has 0 spiro atoms. The van der Waals surface area contributed by atoms with Crippen LogP contribution in [-0.2, 0) is 12.8 Å². The van der Waals surface area contributed by atoms with E-state index >= 15 is 0 Å². The SMILES string of the molecule is CCc1cccc2c(CCNC(=NC)NCC(C)C)c[nH]c12. The molecule has 0 aliphatic heterocycles. The highest BCUT2D eigenvalue weighted by Gasteiger charge is 2.06. The number of H-pyrrole nitrogens is 1. The Morgan fingerprint density at radius 3 is 2.73 bits per heavy atom. The van der Waals surface area contributed by atoms with Gasteiger partial charge in [-0.3, -0.25) is 4.99 Å². The number of aromatic amines is 1. The standard InChI is InChI=1S/C18H28N4/c1-5-14-7-6-8-16-15(12-21-17(14)16)9-10-20-18(19-4)22-11-13(2)3/h6-8,12-13,21H,5,9-11H2,1-4H3,(H2,19,20,22). The Bertz CT molecular complexity index is 625. The van der Waals surface area contributed by atoms with Crippen molar-refractivity contribution >= 4 is 16.9 Å². The molecule has 1 heterocycles. The number of benzene rings is 1. The Balaban J connectivity index is 1.95. The van der Waals surface area contributed by atoms with Gasteiger partial charge in [0, 0.05) is 37.2 Å². The lowest BCUT2D eigenvalue weighted by Crippen LogP contribution is -2.39. The highest BCUT2D eigenvalue weighted by molar-refractivity contribution is 5.86. The molecule has 0 saturated carbocycles. The van der Waals surface area contributed by atoms with E-state index in [0.717, 1.165) is 31.9 Å². The van der Waals surface area contributed by atoms with Crippen LogP contribution in [0.25, 0.3) is 10.9 Å². The molecule has 0 aliphatic rings. The Hall–Kier alpha value is -1.97. The zero-order chi connectivity index (χ0) is 15.9. The molecule has 4 nitrogen and oxygen atoms in total. The quantitative estimate of drug-likeness (QED) is 0.567. The summed E-state index contributed by atoms with van der Waals surface area (Å²) in [6, 6.07) is 6.54. The molecule has 0 saturated heterocycles. The third-order valence-electron chi connectivity index (χ3n) is 3.86. The minimum atomic E-state index is 0.611. The maximum absolute atomic E-state index is 4.26. The molecule has 0 unspecified atom stereocenters. The van der Waals surface area contributed by atoms with Gasteiger partial charge in [-0.1, -0.05) is 39.0 Å². The van der Waals surface area contributed by atoms with Crippen molar-refractivity contribution in [2.45, 2.75) is 33.6 Å². The number of fused-ring (bicyclic) bond motifs is 1. The molecule has 0 radical (unpaired) electrons. The van der Waals surface area contributed by atoms with Crippen molar-refractivity contribution in [2.75, 3.05) is 20.1 Å². The maximum atomic E-state index is 4.26. The number of aliphatic imine (C=N–C) groups is 1. The molecule has 1 aromatic carbocycles. The van der Waals surface area contributed by atoms with E-state index in [4.69, 9.17) is 0 Å². The molecule has 0 aliphatic carbocycles.